The van der Waals surface area contributed by atoms with Gasteiger partial charge in [-0.1, -0.05) is 116 Å². The van der Waals surface area contributed by atoms with Crippen LogP contribution >= 0.6 is 0 Å². The SMILES string of the molecule is CCCCCCCCCCCCNCC(=O)NCOCC(CO)OCC(O)COCCCCCCCCCCCCNCC(=O)NCOCC(CO)OCC(O)COCC. The van der Waals surface area contributed by atoms with Crippen LogP contribution in [0.2, 0.25) is 0 Å². The number of hydrogen-bond acceptors (Lipinski definition) is 14. The van der Waals surface area contributed by atoms with Crippen molar-refractivity contribution in [1.29, 1.82) is 0 Å². The summed E-state index contributed by atoms with van der Waals surface area (Å²) in [7, 11) is 0. The minimum absolute atomic E-state index is 0.0177. The molecule has 2 amide bonds. The summed E-state index contributed by atoms with van der Waals surface area (Å²) in [4.78, 5) is 24.0. The Balaban J connectivity index is 3.51. The lowest BCUT2D eigenvalue weighted by Gasteiger charge is -2.18. The molecule has 0 aromatic rings. The van der Waals surface area contributed by atoms with E-state index in [2.05, 4.69) is 28.2 Å². The largest absolute Gasteiger partial charge is 0.394 e. The first-order valence-electron chi connectivity index (χ1n) is 23.4. The Hall–Kier alpha value is -1.54. The Morgan fingerprint density at radius 2 is 0.850 bits per heavy atom. The molecule has 0 saturated carbocycles. The van der Waals surface area contributed by atoms with E-state index in [0.29, 0.717) is 13.2 Å². The molecule has 0 bridgehead atoms. The normalized spacial score (nSPS) is 13.6. The minimum Gasteiger partial charge on any atom is -0.394 e. The van der Waals surface area contributed by atoms with Crippen molar-refractivity contribution in [3.8, 4) is 0 Å². The number of unbranched alkanes of at least 4 members (excludes halogenated alkanes) is 18. The average Bonchev–Trinajstić information content (AvgIpc) is 3.25. The molecular formula is C44H90N4O12. The van der Waals surface area contributed by atoms with Crippen LogP contribution in [0, 0.1) is 0 Å². The van der Waals surface area contributed by atoms with Crippen molar-refractivity contribution in [1.82, 2.24) is 21.3 Å². The van der Waals surface area contributed by atoms with E-state index in [4.69, 9.17) is 28.4 Å². The molecule has 16 nitrogen and oxygen atoms in total. The van der Waals surface area contributed by atoms with E-state index in [1.165, 1.54) is 89.9 Å². The Morgan fingerprint density at radius 3 is 1.25 bits per heavy atom. The number of aliphatic hydroxyl groups is 4. The third-order valence-corrected chi connectivity index (χ3v) is 9.80. The molecule has 0 heterocycles. The topological polar surface area (TPSA) is 219 Å². The monoisotopic (exact) mass is 867 g/mol. The van der Waals surface area contributed by atoms with E-state index < -0.39 is 24.4 Å². The summed E-state index contributed by atoms with van der Waals surface area (Å²) in [6, 6.07) is 0. The van der Waals surface area contributed by atoms with Gasteiger partial charge in [-0.15, -0.1) is 0 Å². The first kappa shape index (κ1) is 58.5. The van der Waals surface area contributed by atoms with Gasteiger partial charge in [0.2, 0.25) is 11.8 Å². The van der Waals surface area contributed by atoms with Gasteiger partial charge in [0.05, 0.1) is 65.9 Å². The van der Waals surface area contributed by atoms with Gasteiger partial charge in [-0.05, 0) is 39.3 Å². The zero-order valence-electron chi connectivity index (χ0n) is 37.8. The van der Waals surface area contributed by atoms with E-state index >= 15 is 0 Å². The van der Waals surface area contributed by atoms with Crippen LogP contribution in [0.4, 0.5) is 0 Å². The fraction of sp³-hybridized carbons (Fsp3) is 0.955. The van der Waals surface area contributed by atoms with Crippen LogP contribution in [0.3, 0.4) is 0 Å². The second-order valence-electron chi connectivity index (χ2n) is 15.6. The molecule has 60 heavy (non-hydrogen) atoms. The Labute approximate surface area is 363 Å². The van der Waals surface area contributed by atoms with E-state index in [0.717, 1.165) is 51.6 Å². The fourth-order valence-corrected chi connectivity index (χ4v) is 6.15. The maximum atomic E-state index is 12.0. The fourth-order valence-electron chi connectivity index (χ4n) is 6.15. The smallest absolute Gasteiger partial charge is 0.235 e. The summed E-state index contributed by atoms with van der Waals surface area (Å²) < 4.78 is 32.5. The number of aliphatic hydroxyl groups excluding tert-OH is 4. The zero-order valence-corrected chi connectivity index (χ0v) is 37.8. The highest BCUT2D eigenvalue weighted by atomic mass is 16.6. The van der Waals surface area contributed by atoms with E-state index in [9.17, 15) is 30.0 Å². The molecule has 16 heteroatoms. The molecule has 0 aromatic carbocycles. The van der Waals surface area contributed by atoms with Gasteiger partial charge in [0, 0.05) is 13.2 Å². The second kappa shape index (κ2) is 47.0. The van der Waals surface area contributed by atoms with Crippen LogP contribution in [-0.4, -0.2) is 162 Å². The first-order valence-corrected chi connectivity index (χ1v) is 23.4. The molecule has 0 spiro atoms. The van der Waals surface area contributed by atoms with E-state index in [1.807, 2.05) is 6.92 Å². The van der Waals surface area contributed by atoms with Gasteiger partial charge in [-0.2, -0.15) is 0 Å². The molecule has 0 aliphatic heterocycles. The third-order valence-electron chi connectivity index (χ3n) is 9.80. The van der Waals surface area contributed by atoms with Crippen molar-refractivity contribution < 1.29 is 58.4 Å². The van der Waals surface area contributed by atoms with Gasteiger partial charge in [0.1, 0.15) is 37.9 Å². The van der Waals surface area contributed by atoms with E-state index in [-0.39, 0.29) is 91.2 Å². The Morgan fingerprint density at radius 1 is 0.467 bits per heavy atom. The van der Waals surface area contributed by atoms with Crippen LogP contribution in [0.15, 0.2) is 0 Å². The van der Waals surface area contributed by atoms with Crippen molar-refractivity contribution in [2.45, 2.75) is 167 Å². The molecule has 0 radical (unpaired) electrons. The Bertz CT molecular complexity index is 913. The summed E-state index contributed by atoms with van der Waals surface area (Å²) >= 11 is 0. The van der Waals surface area contributed by atoms with Gasteiger partial charge in [-0.25, -0.2) is 0 Å². The summed E-state index contributed by atoms with van der Waals surface area (Å²) in [5.74, 6) is -0.299. The predicted molar refractivity (Wildman–Crippen MR) is 235 cm³/mol. The summed E-state index contributed by atoms with van der Waals surface area (Å²) in [5.41, 5.74) is 0. The third kappa shape index (κ3) is 43.1. The second-order valence-corrected chi connectivity index (χ2v) is 15.6. The van der Waals surface area contributed by atoms with Crippen LogP contribution < -0.4 is 21.3 Å². The number of carbonyl (C=O) groups excluding carboxylic acids is 2. The van der Waals surface area contributed by atoms with Crippen LogP contribution in [0.5, 0.6) is 0 Å². The molecule has 0 aliphatic carbocycles. The van der Waals surface area contributed by atoms with Gasteiger partial charge in [-0.3, -0.25) is 9.59 Å². The van der Waals surface area contributed by atoms with Crippen LogP contribution in [-0.2, 0) is 38.0 Å². The van der Waals surface area contributed by atoms with Gasteiger partial charge in [0.25, 0.3) is 0 Å². The molecule has 0 fully saturated rings. The van der Waals surface area contributed by atoms with Crippen molar-refractivity contribution in [2.24, 2.45) is 0 Å². The van der Waals surface area contributed by atoms with Crippen LogP contribution in [0.25, 0.3) is 0 Å². The van der Waals surface area contributed by atoms with Crippen molar-refractivity contribution in [3.63, 3.8) is 0 Å². The zero-order chi connectivity index (χ0) is 44.0. The molecule has 358 valence electrons. The van der Waals surface area contributed by atoms with Gasteiger partial charge in [0.15, 0.2) is 0 Å². The molecule has 0 saturated heterocycles. The average molecular weight is 867 g/mol. The number of carbonyl (C=O) groups is 2. The highest BCUT2D eigenvalue weighted by Crippen LogP contribution is 2.12. The lowest BCUT2D eigenvalue weighted by atomic mass is 10.1. The highest BCUT2D eigenvalue weighted by molar-refractivity contribution is 5.78. The predicted octanol–water partition coefficient (Wildman–Crippen LogP) is 3.70. The summed E-state index contributed by atoms with van der Waals surface area (Å²) in [6.45, 7) is 7.39. The Kier molecular flexibility index (Phi) is 45.7. The summed E-state index contributed by atoms with van der Waals surface area (Å²) in [5, 5.41) is 50.6. The van der Waals surface area contributed by atoms with Gasteiger partial charge >= 0.3 is 0 Å². The molecular weight excluding hydrogens is 777 g/mol. The number of nitrogens with one attached hydrogen (secondary N) is 4. The van der Waals surface area contributed by atoms with Crippen molar-refractivity contribution in [2.75, 3.05) is 106 Å². The number of hydrogen-bond donors (Lipinski definition) is 8. The highest BCUT2D eigenvalue weighted by Gasteiger charge is 2.14. The quantitative estimate of drug-likeness (QED) is 0.0323. The van der Waals surface area contributed by atoms with Crippen LogP contribution in [0.1, 0.15) is 142 Å². The number of ether oxygens (including phenoxy) is 6. The van der Waals surface area contributed by atoms with Gasteiger partial charge < -0.3 is 70.1 Å². The van der Waals surface area contributed by atoms with Crippen molar-refractivity contribution >= 4 is 11.8 Å². The summed E-state index contributed by atoms with van der Waals surface area (Å²) in [6.07, 6.45) is 21.5. The van der Waals surface area contributed by atoms with Crippen molar-refractivity contribution in [3.05, 3.63) is 0 Å². The molecule has 4 atom stereocenters. The maximum absolute atomic E-state index is 12.0. The molecule has 8 N–H and O–H groups in total. The molecule has 4 unspecified atom stereocenters. The van der Waals surface area contributed by atoms with E-state index in [1.54, 1.807) is 0 Å². The number of amides is 2. The molecule has 0 aliphatic rings. The minimum atomic E-state index is -0.793. The number of rotatable bonds is 49. The first-order chi connectivity index (χ1) is 29.4. The molecule has 0 rings (SSSR count). The standard InChI is InChI=1S/C44H90N4O12/c1-3-5-6-7-8-9-12-15-18-21-24-45-28-44(54)48-38-58-36-42(30-50)60-34-40(52)32-56-26-23-20-17-14-11-10-13-16-19-22-25-46-27-43(53)47-37-57-35-41(29-49)59-33-39(51)31-55-4-2/h39-42,45-46,49-52H,3-38H2,1-2H3,(H,47,53)(H,48,54). The molecule has 0 aromatic heterocycles. The lowest BCUT2D eigenvalue weighted by Crippen LogP contribution is -2.37. The maximum Gasteiger partial charge on any atom is 0.235 e. The lowest BCUT2D eigenvalue weighted by molar-refractivity contribution is -0.124.